The van der Waals surface area contributed by atoms with Crippen molar-refractivity contribution in [3.05, 3.63) is 58.6 Å². The molecule has 1 N–H and O–H groups in total. The van der Waals surface area contributed by atoms with Gasteiger partial charge in [0.05, 0.1) is 13.2 Å². The van der Waals surface area contributed by atoms with Crippen LogP contribution in [0.15, 0.2) is 42.5 Å². The summed E-state index contributed by atoms with van der Waals surface area (Å²) in [6, 6.07) is 12.8. The molecule has 1 amide bonds. The highest BCUT2D eigenvalue weighted by Crippen LogP contribution is 2.25. The van der Waals surface area contributed by atoms with Gasteiger partial charge in [-0.1, -0.05) is 36.7 Å². The van der Waals surface area contributed by atoms with E-state index >= 15 is 0 Å². The molecular formula is C20H24ClNO3. The third kappa shape index (κ3) is 4.89. The van der Waals surface area contributed by atoms with E-state index in [1.807, 2.05) is 51.1 Å². The number of carbonyl (C=O) groups excluding carboxylic acids is 1. The van der Waals surface area contributed by atoms with E-state index in [1.165, 1.54) is 0 Å². The summed E-state index contributed by atoms with van der Waals surface area (Å²) in [4.78, 5) is 12.6. The Morgan fingerprint density at radius 3 is 2.60 bits per heavy atom. The highest BCUT2D eigenvalue weighted by Gasteiger charge is 2.22. The predicted molar refractivity (Wildman–Crippen MR) is 100 cm³/mol. The van der Waals surface area contributed by atoms with E-state index in [9.17, 15) is 4.79 Å². The zero-order chi connectivity index (χ0) is 18.4. The Morgan fingerprint density at radius 2 is 1.96 bits per heavy atom. The summed E-state index contributed by atoms with van der Waals surface area (Å²) in [6.07, 6.45) is -0.00989. The first-order chi connectivity index (χ1) is 12.0. The van der Waals surface area contributed by atoms with Gasteiger partial charge in [-0.2, -0.15) is 0 Å². The minimum absolute atomic E-state index is 0.159. The number of hydrogen-bond donors (Lipinski definition) is 1. The van der Waals surface area contributed by atoms with Gasteiger partial charge in [0.2, 0.25) is 0 Å². The van der Waals surface area contributed by atoms with Crippen molar-refractivity contribution in [1.82, 2.24) is 5.32 Å². The lowest BCUT2D eigenvalue weighted by molar-refractivity contribution is -0.128. The lowest BCUT2D eigenvalue weighted by atomic mass is 10.1. The van der Waals surface area contributed by atoms with Gasteiger partial charge in [-0.25, -0.2) is 0 Å². The highest BCUT2D eigenvalue weighted by molar-refractivity contribution is 6.31. The standard InChI is InChI=1S/C20H24ClNO3/c1-5-18(25-15-10-11-17(21)13(2)12-15)20(23)22-14(3)16-8-6-7-9-19(16)24-4/h6-12,14,18H,5H2,1-4H3,(H,22,23)/t14-,18+/m1/s1. The molecule has 5 heteroatoms. The quantitative estimate of drug-likeness (QED) is 0.778. The number of para-hydroxylation sites is 1. The summed E-state index contributed by atoms with van der Waals surface area (Å²) in [5, 5.41) is 3.67. The molecule has 2 atom stereocenters. The molecule has 0 saturated heterocycles. The number of aryl methyl sites for hydroxylation is 1. The molecule has 0 fully saturated rings. The number of carbonyl (C=O) groups is 1. The van der Waals surface area contributed by atoms with E-state index in [1.54, 1.807) is 19.2 Å². The maximum atomic E-state index is 12.6. The number of nitrogens with one attached hydrogen (secondary N) is 1. The largest absolute Gasteiger partial charge is 0.496 e. The minimum Gasteiger partial charge on any atom is -0.496 e. The first kappa shape index (κ1) is 19.1. The zero-order valence-electron chi connectivity index (χ0n) is 15.0. The van der Waals surface area contributed by atoms with Gasteiger partial charge in [0.25, 0.3) is 5.91 Å². The molecule has 0 bridgehead atoms. The van der Waals surface area contributed by atoms with E-state index in [2.05, 4.69) is 5.32 Å². The summed E-state index contributed by atoms with van der Waals surface area (Å²) in [6.45, 7) is 5.75. The molecule has 0 aliphatic carbocycles. The molecule has 25 heavy (non-hydrogen) atoms. The second-order valence-corrected chi connectivity index (χ2v) is 6.31. The maximum absolute atomic E-state index is 12.6. The second kappa shape index (κ2) is 8.77. The summed E-state index contributed by atoms with van der Waals surface area (Å²) >= 11 is 6.03. The summed E-state index contributed by atoms with van der Waals surface area (Å²) in [5.74, 6) is 1.22. The average Bonchev–Trinajstić information content (AvgIpc) is 2.62. The Morgan fingerprint density at radius 1 is 1.24 bits per heavy atom. The average molecular weight is 362 g/mol. The molecule has 2 aromatic rings. The van der Waals surface area contributed by atoms with Crippen LogP contribution in [0.2, 0.25) is 5.02 Å². The van der Waals surface area contributed by atoms with Gasteiger partial charge in [0.1, 0.15) is 11.5 Å². The summed E-state index contributed by atoms with van der Waals surface area (Å²) in [7, 11) is 1.62. The van der Waals surface area contributed by atoms with Gasteiger partial charge in [-0.15, -0.1) is 0 Å². The first-order valence-electron chi connectivity index (χ1n) is 8.32. The van der Waals surface area contributed by atoms with Crippen molar-refractivity contribution >= 4 is 17.5 Å². The molecule has 2 aromatic carbocycles. The number of benzene rings is 2. The van der Waals surface area contributed by atoms with Gasteiger partial charge in [-0.3, -0.25) is 4.79 Å². The van der Waals surface area contributed by atoms with Crippen molar-refractivity contribution in [1.29, 1.82) is 0 Å². The number of rotatable bonds is 7. The summed E-state index contributed by atoms with van der Waals surface area (Å²) < 4.78 is 11.2. The molecular weight excluding hydrogens is 338 g/mol. The third-order valence-electron chi connectivity index (χ3n) is 4.04. The van der Waals surface area contributed by atoms with E-state index in [-0.39, 0.29) is 11.9 Å². The van der Waals surface area contributed by atoms with Crippen LogP contribution in [0.3, 0.4) is 0 Å². The number of methoxy groups -OCH3 is 1. The van der Waals surface area contributed by atoms with Crippen molar-refractivity contribution in [2.45, 2.75) is 39.3 Å². The normalized spacial score (nSPS) is 13.0. The van der Waals surface area contributed by atoms with Crippen molar-refractivity contribution in [2.75, 3.05) is 7.11 Å². The van der Waals surface area contributed by atoms with Crippen LogP contribution in [-0.2, 0) is 4.79 Å². The molecule has 0 aliphatic heterocycles. The molecule has 0 radical (unpaired) electrons. The molecule has 0 saturated carbocycles. The van der Waals surface area contributed by atoms with Crippen LogP contribution in [-0.4, -0.2) is 19.1 Å². The fourth-order valence-electron chi connectivity index (χ4n) is 2.59. The molecule has 0 heterocycles. The zero-order valence-corrected chi connectivity index (χ0v) is 15.8. The maximum Gasteiger partial charge on any atom is 0.261 e. The fraction of sp³-hybridized carbons (Fsp3) is 0.350. The van der Waals surface area contributed by atoms with Gasteiger partial charge in [-0.05, 0) is 50.1 Å². The first-order valence-corrected chi connectivity index (χ1v) is 8.70. The third-order valence-corrected chi connectivity index (χ3v) is 4.46. The van der Waals surface area contributed by atoms with E-state index < -0.39 is 6.10 Å². The molecule has 2 rings (SSSR count). The molecule has 134 valence electrons. The lowest BCUT2D eigenvalue weighted by Crippen LogP contribution is -2.39. The number of hydrogen-bond acceptors (Lipinski definition) is 3. The van der Waals surface area contributed by atoms with Crippen LogP contribution in [0.5, 0.6) is 11.5 Å². The number of ether oxygens (including phenoxy) is 2. The van der Waals surface area contributed by atoms with E-state index in [0.29, 0.717) is 17.2 Å². The molecule has 4 nitrogen and oxygen atoms in total. The minimum atomic E-state index is -0.572. The Bertz CT molecular complexity index is 733. The van der Waals surface area contributed by atoms with Gasteiger partial charge < -0.3 is 14.8 Å². The van der Waals surface area contributed by atoms with E-state index in [0.717, 1.165) is 16.9 Å². The molecule has 0 unspecified atom stereocenters. The predicted octanol–water partition coefficient (Wildman–Crippen LogP) is 4.69. The second-order valence-electron chi connectivity index (χ2n) is 5.90. The van der Waals surface area contributed by atoms with Gasteiger partial charge >= 0.3 is 0 Å². The topological polar surface area (TPSA) is 47.6 Å². The Kier molecular flexibility index (Phi) is 6.71. The van der Waals surface area contributed by atoms with Gasteiger partial charge in [0, 0.05) is 10.6 Å². The Hall–Kier alpha value is -2.20. The number of halogens is 1. The smallest absolute Gasteiger partial charge is 0.261 e. The van der Waals surface area contributed by atoms with Crippen molar-refractivity contribution in [3.8, 4) is 11.5 Å². The monoisotopic (exact) mass is 361 g/mol. The van der Waals surface area contributed by atoms with Crippen molar-refractivity contribution in [2.24, 2.45) is 0 Å². The van der Waals surface area contributed by atoms with Crippen molar-refractivity contribution in [3.63, 3.8) is 0 Å². The van der Waals surface area contributed by atoms with Crippen LogP contribution in [0.1, 0.15) is 37.4 Å². The Balaban J connectivity index is 2.07. The summed E-state index contributed by atoms with van der Waals surface area (Å²) in [5.41, 5.74) is 1.84. The fourth-order valence-corrected chi connectivity index (χ4v) is 2.70. The van der Waals surface area contributed by atoms with Crippen LogP contribution in [0.25, 0.3) is 0 Å². The van der Waals surface area contributed by atoms with Crippen LogP contribution < -0.4 is 14.8 Å². The molecule has 0 aromatic heterocycles. The van der Waals surface area contributed by atoms with Crippen LogP contribution in [0.4, 0.5) is 0 Å². The lowest BCUT2D eigenvalue weighted by Gasteiger charge is -2.22. The van der Waals surface area contributed by atoms with Crippen molar-refractivity contribution < 1.29 is 14.3 Å². The number of amides is 1. The Labute approximate surface area is 154 Å². The van der Waals surface area contributed by atoms with Crippen LogP contribution in [0, 0.1) is 6.92 Å². The highest BCUT2D eigenvalue weighted by atomic mass is 35.5. The molecule has 0 spiro atoms. The van der Waals surface area contributed by atoms with E-state index in [4.69, 9.17) is 21.1 Å². The van der Waals surface area contributed by atoms with Gasteiger partial charge in [0.15, 0.2) is 6.10 Å². The van der Waals surface area contributed by atoms with Crippen LogP contribution >= 0.6 is 11.6 Å². The SMILES string of the molecule is CC[C@H](Oc1ccc(Cl)c(C)c1)C(=O)N[C@H](C)c1ccccc1OC. The molecule has 0 aliphatic rings.